The highest BCUT2D eigenvalue weighted by Gasteiger charge is 2.17. The van der Waals surface area contributed by atoms with Crippen LogP contribution in [0.15, 0.2) is 64.2 Å². The molecule has 1 heterocycles. The highest BCUT2D eigenvalue weighted by molar-refractivity contribution is 7.99. The number of oxazole rings is 1. The molecule has 0 aliphatic carbocycles. The maximum absolute atomic E-state index is 10.7. The van der Waals surface area contributed by atoms with E-state index in [-0.39, 0.29) is 5.75 Å². The minimum atomic E-state index is -0.913. The molecule has 116 valence electrons. The molecule has 0 atom stereocenters. The molecule has 0 saturated carbocycles. The third-order valence-corrected chi connectivity index (χ3v) is 3.96. The fourth-order valence-electron chi connectivity index (χ4n) is 2.11. The average Bonchev–Trinajstić information content (AvgIpc) is 2.99. The second-order valence-corrected chi connectivity index (χ2v) is 5.75. The van der Waals surface area contributed by atoms with Crippen molar-refractivity contribution in [2.45, 2.75) is 5.22 Å². The van der Waals surface area contributed by atoms with Crippen LogP contribution in [0.1, 0.15) is 0 Å². The van der Waals surface area contributed by atoms with Gasteiger partial charge in [0.1, 0.15) is 11.4 Å². The van der Waals surface area contributed by atoms with Crippen LogP contribution >= 0.6 is 11.8 Å². The maximum atomic E-state index is 10.7. The molecule has 0 radical (unpaired) electrons. The van der Waals surface area contributed by atoms with Crippen molar-refractivity contribution in [3.63, 3.8) is 0 Å². The molecule has 0 amide bonds. The summed E-state index contributed by atoms with van der Waals surface area (Å²) in [5.74, 6) is -0.414. The molecule has 1 aromatic heterocycles. The standard InChI is InChI=1S/C17H14N2O3S/c18-13-8-6-12(7-9-13)16-15(11-4-2-1-3-5-11)19-17(22-16)23-10-14(20)21/h1-9H,10,18H2,(H,20,21). The first-order valence-corrected chi connectivity index (χ1v) is 7.89. The quantitative estimate of drug-likeness (QED) is 0.548. The van der Waals surface area contributed by atoms with E-state index in [4.69, 9.17) is 15.3 Å². The zero-order valence-corrected chi connectivity index (χ0v) is 12.9. The Balaban J connectivity index is 2.05. The second-order valence-electron chi connectivity index (χ2n) is 4.83. The molecule has 0 bridgehead atoms. The smallest absolute Gasteiger partial charge is 0.314 e. The van der Waals surface area contributed by atoms with E-state index in [9.17, 15) is 4.79 Å². The lowest BCUT2D eigenvalue weighted by atomic mass is 10.1. The van der Waals surface area contributed by atoms with Gasteiger partial charge in [0.15, 0.2) is 5.76 Å². The van der Waals surface area contributed by atoms with Gasteiger partial charge in [0, 0.05) is 16.8 Å². The number of aliphatic carboxylic acids is 1. The van der Waals surface area contributed by atoms with Crippen molar-refractivity contribution < 1.29 is 14.3 Å². The number of anilines is 1. The topological polar surface area (TPSA) is 89.3 Å². The summed E-state index contributed by atoms with van der Waals surface area (Å²) in [6.07, 6.45) is 0. The van der Waals surface area contributed by atoms with Crippen LogP contribution in [-0.2, 0) is 4.79 Å². The molecule has 5 nitrogen and oxygen atoms in total. The van der Waals surface area contributed by atoms with E-state index in [0.717, 1.165) is 22.9 Å². The number of rotatable bonds is 5. The summed E-state index contributed by atoms with van der Waals surface area (Å²) < 4.78 is 5.79. The SMILES string of the molecule is Nc1ccc(-c2oc(SCC(=O)O)nc2-c2ccccc2)cc1. The van der Waals surface area contributed by atoms with Gasteiger partial charge < -0.3 is 15.3 Å². The van der Waals surface area contributed by atoms with Gasteiger partial charge >= 0.3 is 5.97 Å². The first-order chi connectivity index (χ1) is 11.1. The van der Waals surface area contributed by atoms with Gasteiger partial charge in [-0.3, -0.25) is 4.79 Å². The molecule has 3 rings (SSSR count). The van der Waals surface area contributed by atoms with Crippen molar-refractivity contribution in [1.82, 2.24) is 4.98 Å². The van der Waals surface area contributed by atoms with Crippen molar-refractivity contribution >= 4 is 23.4 Å². The number of thioether (sulfide) groups is 1. The third kappa shape index (κ3) is 3.54. The predicted molar refractivity (Wildman–Crippen MR) is 90.1 cm³/mol. The highest BCUT2D eigenvalue weighted by Crippen LogP contribution is 2.35. The Hall–Kier alpha value is -2.73. The van der Waals surface area contributed by atoms with Gasteiger partial charge in [-0.05, 0) is 24.3 Å². The average molecular weight is 326 g/mol. The van der Waals surface area contributed by atoms with Gasteiger partial charge in [0.05, 0.1) is 0 Å². The lowest BCUT2D eigenvalue weighted by Crippen LogP contribution is -1.97. The molecular formula is C17H14N2O3S. The number of aromatic nitrogens is 1. The zero-order chi connectivity index (χ0) is 16.2. The molecule has 3 N–H and O–H groups in total. The lowest BCUT2D eigenvalue weighted by molar-refractivity contribution is -0.133. The first kappa shape index (κ1) is 15.2. The molecule has 6 heteroatoms. The Bertz CT molecular complexity index is 814. The van der Waals surface area contributed by atoms with E-state index in [1.165, 1.54) is 0 Å². The van der Waals surface area contributed by atoms with Crippen molar-refractivity contribution in [3.05, 3.63) is 54.6 Å². The summed E-state index contributed by atoms with van der Waals surface area (Å²) in [5, 5.41) is 9.14. The van der Waals surface area contributed by atoms with Gasteiger partial charge in [0.25, 0.3) is 5.22 Å². The Labute approximate surface area is 137 Å². The Kier molecular flexibility index (Phi) is 4.34. The molecule has 23 heavy (non-hydrogen) atoms. The number of hydrogen-bond donors (Lipinski definition) is 2. The van der Waals surface area contributed by atoms with Crippen LogP contribution in [0.2, 0.25) is 0 Å². The van der Waals surface area contributed by atoms with Crippen molar-refractivity contribution in [2.24, 2.45) is 0 Å². The fourth-order valence-corrected chi connectivity index (χ4v) is 2.65. The summed E-state index contributed by atoms with van der Waals surface area (Å²) in [7, 11) is 0. The minimum absolute atomic E-state index is 0.101. The number of nitrogen functional groups attached to an aromatic ring is 1. The van der Waals surface area contributed by atoms with Crippen molar-refractivity contribution in [3.8, 4) is 22.6 Å². The molecule has 3 aromatic rings. The van der Waals surface area contributed by atoms with E-state index < -0.39 is 5.97 Å². The molecule has 0 fully saturated rings. The van der Waals surface area contributed by atoms with Crippen LogP contribution < -0.4 is 5.73 Å². The fraction of sp³-hybridized carbons (Fsp3) is 0.0588. The number of hydrogen-bond acceptors (Lipinski definition) is 5. The summed E-state index contributed by atoms with van der Waals surface area (Å²) in [5.41, 5.74) is 8.82. The number of nitrogens with zero attached hydrogens (tertiary/aromatic N) is 1. The Morgan fingerprint density at radius 1 is 1.09 bits per heavy atom. The van der Waals surface area contributed by atoms with E-state index in [0.29, 0.717) is 22.4 Å². The van der Waals surface area contributed by atoms with Gasteiger partial charge in [-0.1, -0.05) is 42.1 Å². The molecule has 0 unspecified atom stereocenters. The minimum Gasteiger partial charge on any atom is -0.481 e. The van der Waals surface area contributed by atoms with Gasteiger partial charge in [-0.25, -0.2) is 4.98 Å². The van der Waals surface area contributed by atoms with Gasteiger partial charge in [-0.15, -0.1) is 0 Å². The number of carbonyl (C=O) groups is 1. The number of benzene rings is 2. The molecule has 0 spiro atoms. The zero-order valence-electron chi connectivity index (χ0n) is 12.1. The predicted octanol–water partition coefficient (Wildman–Crippen LogP) is 3.77. The van der Waals surface area contributed by atoms with E-state index in [1.807, 2.05) is 42.5 Å². The third-order valence-electron chi connectivity index (χ3n) is 3.15. The summed E-state index contributed by atoms with van der Waals surface area (Å²) in [4.78, 5) is 15.2. The Morgan fingerprint density at radius 2 is 1.78 bits per heavy atom. The second kappa shape index (κ2) is 6.58. The van der Waals surface area contributed by atoms with Crippen LogP contribution in [-0.4, -0.2) is 21.8 Å². The largest absolute Gasteiger partial charge is 0.481 e. The van der Waals surface area contributed by atoms with Crippen LogP contribution in [0.3, 0.4) is 0 Å². The maximum Gasteiger partial charge on any atom is 0.314 e. The molecular weight excluding hydrogens is 312 g/mol. The van der Waals surface area contributed by atoms with Crippen LogP contribution in [0, 0.1) is 0 Å². The summed E-state index contributed by atoms with van der Waals surface area (Å²) >= 11 is 1.05. The Morgan fingerprint density at radius 3 is 2.43 bits per heavy atom. The summed E-state index contributed by atoms with van der Waals surface area (Å²) in [6, 6.07) is 16.9. The number of carboxylic acid groups (broad SMARTS) is 1. The van der Waals surface area contributed by atoms with Crippen molar-refractivity contribution in [2.75, 3.05) is 11.5 Å². The molecule has 0 saturated heterocycles. The summed E-state index contributed by atoms with van der Waals surface area (Å²) in [6.45, 7) is 0. The monoisotopic (exact) mass is 326 g/mol. The highest BCUT2D eigenvalue weighted by atomic mass is 32.2. The van der Waals surface area contributed by atoms with Gasteiger partial charge in [-0.2, -0.15) is 0 Å². The van der Waals surface area contributed by atoms with Gasteiger partial charge in [0.2, 0.25) is 0 Å². The molecule has 0 aliphatic heterocycles. The van der Waals surface area contributed by atoms with Crippen LogP contribution in [0.4, 0.5) is 5.69 Å². The van der Waals surface area contributed by atoms with E-state index in [2.05, 4.69) is 4.98 Å². The number of nitrogens with two attached hydrogens (primary N) is 1. The lowest BCUT2D eigenvalue weighted by Gasteiger charge is -2.01. The first-order valence-electron chi connectivity index (χ1n) is 6.90. The van der Waals surface area contributed by atoms with Crippen LogP contribution in [0.25, 0.3) is 22.6 Å². The molecule has 0 aliphatic rings. The van der Waals surface area contributed by atoms with Crippen molar-refractivity contribution in [1.29, 1.82) is 0 Å². The normalized spacial score (nSPS) is 10.6. The molecule has 2 aromatic carbocycles. The van der Waals surface area contributed by atoms with E-state index in [1.54, 1.807) is 12.1 Å². The van der Waals surface area contributed by atoms with E-state index >= 15 is 0 Å². The number of carboxylic acids is 1. The van der Waals surface area contributed by atoms with Crippen LogP contribution in [0.5, 0.6) is 0 Å².